The highest BCUT2D eigenvalue weighted by atomic mass is 16.5. The highest BCUT2D eigenvalue weighted by Gasteiger charge is 2.23. The second-order valence-corrected chi connectivity index (χ2v) is 6.78. The Hall–Kier alpha value is -3.13. The zero-order valence-corrected chi connectivity index (χ0v) is 14.4. The molecule has 5 rings (SSSR count). The summed E-state index contributed by atoms with van der Waals surface area (Å²) in [5.74, 6) is 0.945. The fourth-order valence-corrected chi connectivity index (χ4v) is 3.26. The number of fused-ring (bicyclic) bond motifs is 1. The highest BCUT2D eigenvalue weighted by Crippen LogP contribution is 2.33. The average molecular weight is 337 g/mol. The number of hydrogen-bond acceptors (Lipinski definition) is 2. The highest BCUT2D eigenvalue weighted by molar-refractivity contribution is 5.96. The molecule has 1 fully saturated rings. The molecule has 0 unspecified atom stereocenters. The van der Waals surface area contributed by atoms with Crippen LogP contribution in [-0.2, 0) is 0 Å². The fraction of sp³-hybridized carbons (Fsp3) is 0.125. The van der Waals surface area contributed by atoms with E-state index < -0.39 is 0 Å². The lowest BCUT2D eigenvalue weighted by atomic mass is 9.98. The van der Waals surface area contributed by atoms with Crippen LogP contribution in [0.3, 0.4) is 0 Å². The van der Waals surface area contributed by atoms with Crippen LogP contribution in [-0.4, -0.2) is 11.1 Å². The first-order valence-corrected chi connectivity index (χ1v) is 9.09. The average Bonchev–Trinajstić information content (AvgIpc) is 3.52. The van der Waals surface area contributed by atoms with E-state index in [1.165, 1.54) is 29.4 Å². The van der Waals surface area contributed by atoms with Gasteiger partial charge in [-0.15, -0.1) is 0 Å². The van der Waals surface area contributed by atoms with Gasteiger partial charge in [0, 0.05) is 10.9 Å². The maximum atomic E-state index is 5.86. The number of benzene rings is 3. The Bertz CT molecular complexity index is 1050. The van der Waals surface area contributed by atoms with E-state index in [0.29, 0.717) is 6.10 Å². The minimum absolute atomic E-state index is 0.421. The van der Waals surface area contributed by atoms with Gasteiger partial charge >= 0.3 is 0 Å². The first kappa shape index (κ1) is 15.2. The van der Waals surface area contributed by atoms with Gasteiger partial charge in [-0.2, -0.15) is 0 Å². The summed E-state index contributed by atoms with van der Waals surface area (Å²) in [6.45, 7) is 0. The van der Waals surface area contributed by atoms with Crippen LogP contribution in [0, 0.1) is 0 Å². The molecular weight excluding hydrogens is 318 g/mol. The van der Waals surface area contributed by atoms with Gasteiger partial charge in [0.1, 0.15) is 5.75 Å². The van der Waals surface area contributed by atoms with Gasteiger partial charge in [-0.3, -0.25) is 0 Å². The van der Waals surface area contributed by atoms with Gasteiger partial charge in [0.25, 0.3) is 0 Å². The number of rotatable bonds is 4. The molecule has 0 bridgehead atoms. The molecule has 1 saturated carbocycles. The molecule has 1 aliphatic rings. The number of aromatic nitrogens is 1. The Labute approximate surface area is 153 Å². The summed E-state index contributed by atoms with van der Waals surface area (Å²) in [4.78, 5) is 4.89. The van der Waals surface area contributed by atoms with E-state index in [1.807, 2.05) is 24.3 Å². The summed E-state index contributed by atoms with van der Waals surface area (Å²) in [5, 5.41) is 1.18. The minimum Gasteiger partial charge on any atom is -0.490 e. The molecule has 0 spiro atoms. The van der Waals surface area contributed by atoms with Crippen LogP contribution in [0.5, 0.6) is 5.75 Å². The predicted molar refractivity (Wildman–Crippen MR) is 106 cm³/mol. The van der Waals surface area contributed by atoms with E-state index in [-0.39, 0.29) is 0 Å². The van der Waals surface area contributed by atoms with Gasteiger partial charge < -0.3 is 4.74 Å². The molecule has 1 aliphatic carbocycles. The van der Waals surface area contributed by atoms with Crippen LogP contribution in [0.4, 0.5) is 0 Å². The van der Waals surface area contributed by atoms with Crippen molar-refractivity contribution < 1.29 is 4.74 Å². The van der Waals surface area contributed by atoms with E-state index in [0.717, 1.165) is 22.5 Å². The van der Waals surface area contributed by atoms with Crippen molar-refractivity contribution in [2.45, 2.75) is 18.9 Å². The largest absolute Gasteiger partial charge is 0.490 e. The summed E-state index contributed by atoms with van der Waals surface area (Å²) >= 11 is 0. The smallest absolute Gasteiger partial charge is 0.119 e. The Morgan fingerprint density at radius 2 is 1.46 bits per heavy atom. The van der Waals surface area contributed by atoms with Crippen LogP contribution < -0.4 is 4.74 Å². The quantitative estimate of drug-likeness (QED) is 0.448. The number of nitrogens with zero attached hydrogens (tertiary/aromatic N) is 1. The predicted octanol–water partition coefficient (Wildman–Crippen LogP) is 6.11. The standard InChI is InChI=1S/C24H19NO/c1-2-6-17(7-3-1)22-16-24(25-23-9-5-4-8-21(22)23)18-10-12-19(13-11-18)26-20-14-15-20/h1-13,16,20H,14-15H2. The third-order valence-corrected chi connectivity index (χ3v) is 4.78. The van der Waals surface area contributed by atoms with E-state index in [1.54, 1.807) is 0 Å². The third-order valence-electron chi connectivity index (χ3n) is 4.78. The van der Waals surface area contributed by atoms with Crippen LogP contribution in [0.25, 0.3) is 33.3 Å². The zero-order chi connectivity index (χ0) is 17.3. The van der Waals surface area contributed by atoms with Crippen LogP contribution in [0.15, 0.2) is 84.9 Å². The molecule has 0 amide bonds. The first-order chi connectivity index (χ1) is 12.9. The van der Waals surface area contributed by atoms with Crippen LogP contribution in [0.1, 0.15) is 12.8 Å². The fourth-order valence-electron chi connectivity index (χ4n) is 3.26. The van der Waals surface area contributed by atoms with Crippen LogP contribution in [0.2, 0.25) is 0 Å². The summed E-state index contributed by atoms with van der Waals surface area (Å²) in [7, 11) is 0. The molecule has 0 aliphatic heterocycles. The summed E-state index contributed by atoms with van der Waals surface area (Å²) in [6, 6.07) is 29.3. The van der Waals surface area contributed by atoms with E-state index in [9.17, 15) is 0 Å². The Morgan fingerprint density at radius 1 is 0.731 bits per heavy atom. The maximum absolute atomic E-state index is 5.86. The Balaban J connectivity index is 1.61. The van der Waals surface area contributed by atoms with Crippen LogP contribution >= 0.6 is 0 Å². The molecule has 4 aromatic rings. The van der Waals surface area contributed by atoms with Gasteiger partial charge in [0.15, 0.2) is 0 Å². The normalized spacial score (nSPS) is 13.7. The molecule has 2 nitrogen and oxygen atoms in total. The second kappa shape index (κ2) is 6.30. The number of hydrogen-bond donors (Lipinski definition) is 0. The molecule has 2 heteroatoms. The lowest BCUT2D eigenvalue weighted by Crippen LogP contribution is -1.95. The Kier molecular flexibility index (Phi) is 3.67. The van der Waals surface area contributed by atoms with Crippen molar-refractivity contribution in [3.63, 3.8) is 0 Å². The molecule has 1 heterocycles. The minimum atomic E-state index is 0.421. The molecule has 126 valence electrons. The third kappa shape index (κ3) is 2.95. The number of ether oxygens (including phenoxy) is 1. The molecule has 0 N–H and O–H groups in total. The molecular formula is C24H19NO. The van der Waals surface area contributed by atoms with Gasteiger partial charge in [0.05, 0.1) is 17.3 Å². The van der Waals surface area contributed by atoms with Gasteiger partial charge in [-0.1, -0.05) is 48.5 Å². The summed E-state index contributed by atoms with van der Waals surface area (Å²) in [5.41, 5.74) is 5.53. The van der Waals surface area contributed by atoms with Crippen molar-refractivity contribution in [1.82, 2.24) is 4.98 Å². The lowest BCUT2D eigenvalue weighted by Gasteiger charge is -2.11. The number of pyridine rings is 1. The Morgan fingerprint density at radius 3 is 2.23 bits per heavy atom. The van der Waals surface area contributed by atoms with E-state index in [4.69, 9.17) is 9.72 Å². The number of para-hydroxylation sites is 1. The van der Waals surface area contributed by atoms with Gasteiger partial charge in [0.2, 0.25) is 0 Å². The van der Waals surface area contributed by atoms with Crippen molar-refractivity contribution in [2.24, 2.45) is 0 Å². The molecule has 3 aromatic carbocycles. The molecule has 0 atom stereocenters. The second-order valence-electron chi connectivity index (χ2n) is 6.78. The van der Waals surface area contributed by atoms with E-state index >= 15 is 0 Å². The van der Waals surface area contributed by atoms with Crippen molar-refractivity contribution >= 4 is 10.9 Å². The summed E-state index contributed by atoms with van der Waals surface area (Å²) < 4.78 is 5.86. The molecule has 0 radical (unpaired) electrons. The van der Waals surface area contributed by atoms with E-state index in [2.05, 4.69) is 60.7 Å². The van der Waals surface area contributed by atoms with Crippen molar-refractivity contribution in [1.29, 1.82) is 0 Å². The topological polar surface area (TPSA) is 22.1 Å². The van der Waals surface area contributed by atoms with Crippen molar-refractivity contribution in [3.05, 3.63) is 84.9 Å². The summed E-state index contributed by atoms with van der Waals surface area (Å²) in [6.07, 6.45) is 2.77. The molecule has 0 saturated heterocycles. The SMILES string of the molecule is c1ccc(-c2cc(-c3ccc(OC4CC4)cc3)nc3ccccc23)cc1. The first-order valence-electron chi connectivity index (χ1n) is 9.09. The lowest BCUT2D eigenvalue weighted by molar-refractivity contribution is 0.303. The van der Waals surface area contributed by atoms with Crippen molar-refractivity contribution in [2.75, 3.05) is 0 Å². The zero-order valence-electron chi connectivity index (χ0n) is 14.4. The molecule has 26 heavy (non-hydrogen) atoms. The monoisotopic (exact) mass is 337 g/mol. The van der Waals surface area contributed by atoms with Crippen molar-refractivity contribution in [3.8, 4) is 28.1 Å². The molecule has 1 aromatic heterocycles. The maximum Gasteiger partial charge on any atom is 0.119 e. The van der Waals surface area contributed by atoms with Gasteiger partial charge in [-0.25, -0.2) is 4.98 Å². The van der Waals surface area contributed by atoms with Gasteiger partial charge in [-0.05, 0) is 60.4 Å².